The van der Waals surface area contributed by atoms with Crippen molar-refractivity contribution in [2.24, 2.45) is 0 Å². The second-order valence-corrected chi connectivity index (χ2v) is 5.30. The molecule has 0 fully saturated rings. The van der Waals surface area contributed by atoms with Gasteiger partial charge in [-0.05, 0) is 19.3 Å². The van der Waals surface area contributed by atoms with Gasteiger partial charge in [0.15, 0.2) is 5.13 Å². The summed E-state index contributed by atoms with van der Waals surface area (Å²) in [7, 11) is 1.94. The minimum absolute atomic E-state index is 0.143. The second-order valence-electron chi connectivity index (χ2n) is 4.32. The molecule has 0 aliphatic carbocycles. The third-order valence-electron chi connectivity index (χ3n) is 2.60. The standard InChI is InChI=1S/C12H22N4O2S/c1-3-7-16(2)12-15-10(13)9(19-12)11(18)14-6-4-5-8-17/h17H,3-8,13H2,1-2H3,(H,14,18). The van der Waals surface area contributed by atoms with Gasteiger partial charge < -0.3 is 21.1 Å². The first-order chi connectivity index (χ1) is 9.10. The molecule has 0 radical (unpaired) electrons. The van der Waals surface area contributed by atoms with Crippen molar-refractivity contribution in [2.45, 2.75) is 26.2 Å². The highest BCUT2D eigenvalue weighted by molar-refractivity contribution is 7.18. The summed E-state index contributed by atoms with van der Waals surface area (Å²) >= 11 is 1.31. The minimum Gasteiger partial charge on any atom is -0.396 e. The van der Waals surface area contributed by atoms with Gasteiger partial charge in [0.25, 0.3) is 5.91 Å². The van der Waals surface area contributed by atoms with E-state index in [2.05, 4.69) is 17.2 Å². The van der Waals surface area contributed by atoms with Crippen molar-refractivity contribution in [2.75, 3.05) is 37.4 Å². The number of thiazole rings is 1. The number of nitrogens with zero attached hydrogens (tertiary/aromatic N) is 2. The molecule has 0 unspecified atom stereocenters. The molecule has 6 nitrogen and oxygen atoms in total. The smallest absolute Gasteiger partial charge is 0.265 e. The van der Waals surface area contributed by atoms with E-state index in [0.717, 1.165) is 24.5 Å². The van der Waals surface area contributed by atoms with Gasteiger partial charge in [0, 0.05) is 26.7 Å². The summed E-state index contributed by atoms with van der Waals surface area (Å²) in [5, 5.41) is 12.2. The van der Waals surface area contributed by atoms with Crippen LogP contribution in [0.2, 0.25) is 0 Å². The van der Waals surface area contributed by atoms with Crippen molar-refractivity contribution in [3.8, 4) is 0 Å². The number of hydrogen-bond donors (Lipinski definition) is 3. The van der Waals surface area contributed by atoms with Crippen LogP contribution in [0.5, 0.6) is 0 Å². The molecule has 108 valence electrons. The van der Waals surface area contributed by atoms with Crippen LogP contribution in [0.25, 0.3) is 0 Å². The van der Waals surface area contributed by atoms with E-state index in [1.54, 1.807) is 0 Å². The SMILES string of the molecule is CCCN(C)c1nc(N)c(C(=O)NCCCCO)s1. The molecule has 0 saturated carbocycles. The number of aliphatic hydroxyl groups excluding tert-OH is 1. The molecule has 1 aromatic heterocycles. The molecule has 1 aromatic rings. The zero-order chi connectivity index (χ0) is 14.3. The highest BCUT2D eigenvalue weighted by Gasteiger charge is 2.17. The van der Waals surface area contributed by atoms with E-state index in [4.69, 9.17) is 10.8 Å². The highest BCUT2D eigenvalue weighted by atomic mass is 32.1. The van der Waals surface area contributed by atoms with Crippen molar-refractivity contribution in [3.05, 3.63) is 4.88 Å². The number of hydrogen-bond acceptors (Lipinski definition) is 6. The minimum atomic E-state index is -0.191. The fraction of sp³-hybridized carbons (Fsp3) is 0.667. The topological polar surface area (TPSA) is 91.5 Å². The lowest BCUT2D eigenvalue weighted by Crippen LogP contribution is -2.24. The Bertz CT molecular complexity index is 408. The number of unbranched alkanes of at least 4 members (excludes halogenated alkanes) is 1. The van der Waals surface area contributed by atoms with E-state index >= 15 is 0 Å². The number of aliphatic hydroxyl groups is 1. The lowest BCUT2D eigenvalue weighted by atomic mass is 10.3. The summed E-state index contributed by atoms with van der Waals surface area (Å²) < 4.78 is 0. The number of amides is 1. The summed E-state index contributed by atoms with van der Waals surface area (Å²) in [6, 6.07) is 0. The van der Waals surface area contributed by atoms with Crippen molar-refractivity contribution in [1.29, 1.82) is 0 Å². The van der Waals surface area contributed by atoms with Crippen LogP contribution in [-0.4, -0.2) is 42.7 Å². The molecule has 19 heavy (non-hydrogen) atoms. The Labute approximate surface area is 117 Å². The van der Waals surface area contributed by atoms with Crippen LogP contribution in [-0.2, 0) is 0 Å². The third kappa shape index (κ3) is 4.68. The van der Waals surface area contributed by atoms with E-state index in [0.29, 0.717) is 17.8 Å². The Hall–Kier alpha value is -1.34. The first-order valence-corrected chi connectivity index (χ1v) is 7.28. The van der Waals surface area contributed by atoms with Crippen LogP contribution in [0.4, 0.5) is 10.9 Å². The molecule has 1 heterocycles. The van der Waals surface area contributed by atoms with E-state index < -0.39 is 0 Å². The number of anilines is 2. The summed E-state index contributed by atoms with van der Waals surface area (Å²) in [6.45, 7) is 3.65. The van der Waals surface area contributed by atoms with Gasteiger partial charge in [-0.15, -0.1) is 0 Å². The van der Waals surface area contributed by atoms with Crippen LogP contribution >= 0.6 is 11.3 Å². The predicted octanol–water partition coefficient (Wildman–Crippen LogP) is 1.07. The van der Waals surface area contributed by atoms with Crippen LogP contribution < -0.4 is 16.0 Å². The Kier molecular flexibility index (Phi) is 6.58. The summed E-state index contributed by atoms with van der Waals surface area (Å²) in [5.41, 5.74) is 5.78. The Balaban J connectivity index is 2.60. The average molecular weight is 286 g/mol. The van der Waals surface area contributed by atoms with Crippen LogP contribution in [0.15, 0.2) is 0 Å². The van der Waals surface area contributed by atoms with Crippen molar-refractivity contribution < 1.29 is 9.90 Å². The maximum absolute atomic E-state index is 11.9. The predicted molar refractivity (Wildman–Crippen MR) is 78.7 cm³/mol. The van der Waals surface area contributed by atoms with Crippen molar-refractivity contribution >= 4 is 28.2 Å². The van der Waals surface area contributed by atoms with Gasteiger partial charge in [0.05, 0.1) is 0 Å². The van der Waals surface area contributed by atoms with Crippen LogP contribution in [0.1, 0.15) is 35.9 Å². The maximum Gasteiger partial charge on any atom is 0.265 e. The number of nitrogens with one attached hydrogen (secondary N) is 1. The zero-order valence-corrected chi connectivity index (χ0v) is 12.3. The number of carbonyl (C=O) groups is 1. The number of nitrogens with two attached hydrogens (primary N) is 1. The van der Waals surface area contributed by atoms with Gasteiger partial charge in [-0.1, -0.05) is 18.3 Å². The van der Waals surface area contributed by atoms with Gasteiger partial charge in [0.1, 0.15) is 10.7 Å². The fourth-order valence-electron chi connectivity index (χ4n) is 1.60. The van der Waals surface area contributed by atoms with Gasteiger partial charge in [-0.2, -0.15) is 0 Å². The lowest BCUT2D eigenvalue weighted by Gasteiger charge is -2.13. The highest BCUT2D eigenvalue weighted by Crippen LogP contribution is 2.27. The number of aromatic nitrogens is 1. The normalized spacial score (nSPS) is 10.5. The Morgan fingerprint density at radius 1 is 1.53 bits per heavy atom. The summed E-state index contributed by atoms with van der Waals surface area (Å²) in [5.74, 6) is 0.0895. The first-order valence-electron chi connectivity index (χ1n) is 6.46. The zero-order valence-electron chi connectivity index (χ0n) is 11.5. The van der Waals surface area contributed by atoms with Gasteiger partial charge in [-0.25, -0.2) is 4.98 Å². The second kappa shape index (κ2) is 7.96. The maximum atomic E-state index is 11.9. The largest absolute Gasteiger partial charge is 0.396 e. The molecule has 0 atom stereocenters. The summed E-state index contributed by atoms with van der Waals surface area (Å²) in [6.07, 6.45) is 2.45. The quantitative estimate of drug-likeness (QED) is 0.622. The van der Waals surface area contributed by atoms with Crippen molar-refractivity contribution in [1.82, 2.24) is 10.3 Å². The first kappa shape index (κ1) is 15.7. The van der Waals surface area contributed by atoms with Gasteiger partial charge in [-0.3, -0.25) is 4.79 Å². The average Bonchev–Trinajstić information content (AvgIpc) is 2.77. The number of nitrogen functional groups attached to an aromatic ring is 1. The molecule has 0 aliphatic heterocycles. The van der Waals surface area contributed by atoms with Crippen molar-refractivity contribution in [3.63, 3.8) is 0 Å². The van der Waals surface area contributed by atoms with Gasteiger partial charge >= 0.3 is 0 Å². The van der Waals surface area contributed by atoms with Gasteiger partial charge in [0.2, 0.25) is 0 Å². The van der Waals surface area contributed by atoms with Crippen LogP contribution in [0.3, 0.4) is 0 Å². The molecule has 7 heteroatoms. The van der Waals surface area contributed by atoms with E-state index in [1.165, 1.54) is 11.3 Å². The molecule has 0 aliphatic rings. The number of carbonyl (C=O) groups excluding carboxylic acids is 1. The van der Waals surface area contributed by atoms with Crippen LogP contribution in [0, 0.1) is 0 Å². The van der Waals surface area contributed by atoms with E-state index in [1.807, 2.05) is 11.9 Å². The Morgan fingerprint density at radius 2 is 2.26 bits per heavy atom. The molecule has 4 N–H and O–H groups in total. The van der Waals surface area contributed by atoms with E-state index in [9.17, 15) is 4.79 Å². The molecule has 0 spiro atoms. The molecule has 1 amide bonds. The third-order valence-corrected chi connectivity index (χ3v) is 3.79. The number of rotatable bonds is 8. The lowest BCUT2D eigenvalue weighted by molar-refractivity contribution is 0.0957. The molecule has 0 aromatic carbocycles. The summed E-state index contributed by atoms with van der Waals surface area (Å²) in [4.78, 5) is 18.6. The molecule has 0 saturated heterocycles. The molecular formula is C12H22N4O2S. The Morgan fingerprint density at radius 3 is 2.89 bits per heavy atom. The fourth-order valence-corrected chi connectivity index (χ4v) is 2.48. The molecule has 1 rings (SSSR count). The monoisotopic (exact) mass is 286 g/mol. The molecular weight excluding hydrogens is 264 g/mol. The van der Waals surface area contributed by atoms with E-state index in [-0.39, 0.29) is 18.3 Å². The molecule has 0 bridgehead atoms.